The molecule has 19 heavy (non-hydrogen) atoms. The second kappa shape index (κ2) is 7.36. The number of amides is 1. The Balaban J connectivity index is 2.57. The highest BCUT2D eigenvalue weighted by atomic mass is 16.4. The third kappa shape index (κ3) is 4.58. The molecule has 1 rings (SSSR count). The van der Waals surface area contributed by atoms with Gasteiger partial charge < -0.3 is 10.4 Å². The van der Waals surface area contributed by atoms with Crippen molar-refractivity contribution in [2.24, 2.45) is 0 Å². The summed E-state index contributed by atoms with van der Waals surface area (Å²) >= 11 is 0. The molecule has 0 unspecified atom stereocenters. The number of carbonyl (C=O) groups excluding carboxylic acids is 1. The lowest BCUT2D eigenvalue weighted by Crippen LogP contribution is -2.26. The SMILES string of the molecule is CCC=C(C)C(=O)NCCc1ccccc1C(=O)O. The Hall–Kier alpha value is -2.10. The fourth-order valence-corrected chi connectivity index (χ4v) is 1.80. The first-order valence-corrected chi connectivity index (χ1v) is 6.32. The molecule has 0 heterocycles. The van der Waals surface area contributed by atoms with Crippen molar-refractivity contribution in [1.29, 1.82) is 0 Å². The zero-order valence-corrected chi connectivity index (χ0v) is 11.3. The van der Waals surface area contributed by atoms with Crippen LogP contribution in [0.1, 0.15) is 36.2 Å². The summed E-state index contributed by atoms with van der Waals surface area (Å²) < 4.78 is 0. The maximum atomic E-state index is 11.6. The van der Waals surface area contributed by atoms with Crippen molar-refractivity contribution in [1.82, 2.24) is 5.32 Å². The Labute approximate surface area is 113 Å². The second-order valence-corrected chi connectivity index (χ2v) is 4.26. The van der Waals surface area contributed by atoms with Crippen LogP contribution in [-0.4, -0.2) is 23.5 Å². The molecule has 2 N–H and O–H groups in total. The molecule has 0 aliphatic heterocycles. The number of allylic oxidation sites excluding steroid dienone is 1. The largest absolute Gasteiger partial charge is 0.478 e. The van der Waals surface area contributed by atoms with Gasteiger partial charge in [-0.25, -0.2) is 4.79 Å². The molecule has 1 aromatic carbocycles. The zero-order chi connectivity index (χ0) is 14.3. The average Bonchev–Trinajstić information content (AvgIpc) is 2.39. The van der Waals surface area contributed by atoms with Gasteiger partial charge in [-0.1, -0.05) is 31.2 Å². The molecule has 0 fully saturated rings. The summed E-state index contributed by atoms with van der Waals surface area (Å²) in [5.41, 5.74) is 1.71. The van der Waals surface area contributed by atoms with E-state index in [-0.39, 0.29) is 11.5 Å². The highest BCUT2D eigenvalue weighted by molar-refractivity contribution is 5.92. The molecule has 102 valence electrons. The van der Waals surface area contributed by atoms with Crippen LogP contribution >= 0.6 is 0 Å². The summed E-state index contributed by atoms with van der Waals surface area (Å²) in [5, 5.41) is 11.8. The van der Waals surface area contributed by atoms with Crippen molar-refractivity contribution in [2.45, 2.75) is 26.7 Å². The van der Waals surface area contributed by atoms with E-state index >= 15 is 0 Å². The molecule has 1 amide bonds. The van der Waals surface area contributed by atoms with Crippen LogP contribution in [0.4, 0.5) is 0 Å². The van der Waals surface area contributed by atoms with E-state index in [1.807, 2.05) is 13.0 Å². The lowest BCUT2D eigenvalue weighted by molar-refractivity contribution is -0.117. The standard InChI is InChI=1S/C15H19NO3/c1-3-6-11(2)14(17)16-10-9-12-7-4-5-8-13(12)15(18)19/h4-8H,3,9-10H2,1-2H3,(H,16,17)(H,18,19). The van der Waals surface area contributed by atoms with Crippen molar-refractivity contribution in [3.63, 3.8) is 0 Å². The van der Waals surface area contributed by atoms with Crippen LogP contribution in [0.15, 0.2) is 35.9 Å². The molecule has 1 aromatic rings. The van der Waals surface area contributed by atoms with Crippen molar-refractivity contribution >= 4 is 11.9 Å². The first-order valence-electron chi connectivity index (χ1n) is 6.32. The Morgan fingerprint density at radius 2 is 2.00 bits per heavy atom. The number of aromatic carboxylic acids is 1. The summed E-state index contributed by atoms with van der Waals surface area (Å²) in [5.74, 6) is -1.04. The van der Waals surface area contributed by atoms with Gasteiger partial charge in [0.1, 0.15) is 0 Å². The van der Waals surface area contributed by atoms with Crippen molar-refractivity contribution in [2.75, 3.05) is 6.54 Å². The molecule has 0 bridgehead atoms. The lowest BCUT2D eigenvalue weighted by atomic mass is 10.0. The molecule has 0 radical (unpaired) electrons. The first kappa shape index (κ1) is 15.0. The van der Waals surface area contributed by atoms with Crippen LogP contribution in [0.25, 0.3) is 0 Å². The highest BCUT2D eigenvalue weighted by Gasteiger charge is 2.09. The monoisotopic (exact) mass is 261 g/mol. The van der Waals surface area contributed by atoms with Crippen LogP contribution < -0.4 is 5.32 Å². The number of nitrogens with one attached hydrogen (secondary N) is 1. The average molecular weight is 261 g/mol. The van der Waals surface area contributed by atoms with Gasteiger partial charge in [-0.3, -0.25) is 4.79 Å². The topological polar surface area (TPSA) is 66.4 Å². The molecule has 0 spiro atoms. The van der Waals surface area contributed by atoms with E-state index < -0.39 is 5.97 Å². The molecule has 0 atom stereocenters. The van der Waals surface area contributed by atoms with E-state index in [1.54, 1.807) is 31.2 Å². The Bertz CT molecular complexity index is 492. The van der Waals surface area contributed by atoms with Crippen LogP contribution in [-0.2, 0) is 11.2 Å². The number of carboxylic acids is 1. The lowest BCUT2D eigenvalue weighted by Gasteiger charge is -2.07. The van der Waals surface area contributed by atoms with E-state index in [4.69, 9.17) is 5.11 Å². The molecule has 0 aromatic heterocycles. The number of benzene rings is 1. The van der Waals surface area contributed by atoms with Crippen molar-refractivity contribution in [3.8, 4) is 0 Å². The van der Waals surface area contributed by atoms with E-state index in [0.717, 1.165) is 12.0 Å². The van der Waals surface area contributed by atoms with Gasteiger partial charge in [-0.05, 0) is 31.4 Å². The maximum Gasteiger partial charge on any atom is 0.335 e. The van der Waals surface area contributed by atoms with Gasteiger partial charge in [0.2, 0.25) is 5.91 Å². The van der Waals surface area contributed by atoms with E-state index in [0.29, 0.717) is 18.5 Å². The predicted octanol–water partition coefficient (Wildman–Crippen LogP) is 2.40. The molecular formula is C15H19NO3. The minimum absolute atomic E-state index is 0.102. The van der Waals surface area contributed by atoms with Crippen molar-refractivity contribution in [3.05, 3.63) is 47.0 Å². The molecule has 4 heteroatoms. The van der Waals surface area contributed by atoms with Crippen LogP contribution in [0.3, 0.4) is 0 Å². The van der Waals surface area contributed by atoms with Gasteiger partial charge in [-0.15, -0.1) is 0 Å². The molecule has 0 aliphatic rings. The minimum Gasteiger partial charge on any atom is -0.478 e. The molecule has 0 saturated heterocycles. The molecular weight excluding hydrogens is 242 g/mol. The summed E-state index contributed by atoms with van der Waals surface area (Å²) in [7, 11) is 0. The fraction of sp³-hybridized carbons (Fsp3) is 0.333. The number of hydrogen-bond donors (Lipinski definition) is 2. The summed E-state index contributed by atoms with van der Waals surface area (Å²) in [4.78, 5) is 22.7. The highest BCUT2D eigenvalue weighted by Crippen LogP contribution is 2.09. The summed E-state index contributed by atoms with van der Waals surface area (Å²) in [6.07, 6.45) is 3.19. The van der Waals surface area contributed by atoms with Crippen LogP contribution in [0.2, 0.25) is 0 Å². The second-order valence-electron chi connectivity index (χ2n) is 4.26. The number of rotatable bonds is 6. The third-order valence-electron chi connectivity index (χ3n) is 2.80. The zero-order valence-electron chi connectivity index (χ0n) is 11.3. The Morgan fingerprint density at radius 1 is 1.32 bits per heavy atom. The summed E-state index contributed by atoms with van der Waals surface area (Å²) in [6, 6.07) is 6.83. The van der Waals surface area contributed by atoms with Gasteiger partial charge in [0.25, 0.3) is 0 Å². The van der Waals surface area contributed by atoms with Crippen LogP contribution in [0.5, 0.6) is 0 Å². The predicted molar refractivity (Wildman–Crippen MR) is 74.2 cm³/mol. The van der Waals surface area contributed by atoms with Gasteiger partial charge in [-0.2, -0.15) is 0 Å². The maximum absolute atomic E-state index is 11.6. The Kier molecular flexibility index (Phi) is 5.79. The number of carboxylic acid groups (broad SMARTS) is 1. The molecule has 0 aliphatic carbocycles. The number of carbonyl (C=O) groups is 2. The molecule has 4 nitrogen and oxygen atoms in total. The minimum atomic E-state index is -0.941. The third-order valence-corrected chi connectivity index (χ3v) is 2.80. The van der Waals surface area contributed by atoms with Gasteiger partial charge in [0.15, 0.2) is 0 Å². The summed E-state index contributed by atoms with van der Waals surface area (Å²) in [6.45, 7) is 4.17. The van der Waals surface area contributed by atoms with Gasteiger partial charge >= 0.3 is 5.97 Å². The van der Waals surface area contributed by atoms with E-state index in [2.05, 4.69) is 5.32 Å². The molecule has 0 saturated carbocycles. The van der Waals surface area contributed by atoms with Crippen LogP contribution in [0, 0.1) is 0 Å². The Morgan fingerprint density at radius 3 is 2.63 bits per heavy atom. The smallest absolute Gasteiger partial charge is 0.335 e. The van der Waals surface area contributed by atoms with E-state index in [1.165, 1.54) is 0 Å². The van der Waals surface area contributed by atoms with Gasteiger partial charge in [0.05, 0.1) is 5.56 Å². The van der Waals surface area contributed by atoms with E-state index in [9.17, 15) is 9.59 Å². The fourth-order valence-electron chi connectivity index (χ4n) is 1.80. The van der Waals surface area contributed by atoms with Gasteiger partial charge in [0, 0.05) is 12.1 Å². The first-order chi connectivity index (χ1) is 9.06. The number of hydrogen-bond acceptors (Lipinski definition) is 2. The van der Waals surface area contributed by atoms with Crippen molar-refractivity contribution < 1.29 is 14.7 Å². The normalized spacial score (nSPS) is 11.2. The quantitative estimate of drug-likeness (QED) is 0.773.